The summed E-state index contributed by atoms with van der Waals surface area (Å²) in [7, 11) is 0. The lowest BCUT2D eigenvalue weighted by Crippen LogP contribution is -2.27. The molecule has 82 valence electrons. The molecule has 1 aromatic carbocycles. The van der Waals surface area contributed by atoms with Gasteiger partial charge in [-0.25, -0.2) is 0 Å². The standard InChI is InChI=1S/C15H17N/c1-3-9-15(4-2)16-13-8-12-14-10-6-5-7-11-14/h2,5-7,10-11,15-16H,3,9,13H2,1H3. The zero-order valence-corrected chi connectivity index (χ0v) is 9.66. The molecule has 0 bridgehead atoms. The first-order chi connectivity index (χ1) is 7.86. The van der Waals surface area contributed by atoms with Crippen LogP contribution in [0.4, 0.5) is 0 Å². The summed E-state index contributed by atoms with van der Waals surface area (Å²) in [6.07, 6.45) is 7.49. The minimum Gasteiger partial charge on any atom is -0.293 e. The van der Waals surface area contributed by atoms with Gasteiger partial charge in [-0.15, -0.1) is 6.42 Å². The molecule has 0 aliphatic carbocycles. The van der Waals surface area contributed by atoms with Gasteiger partial charge in [-0.3, -0.25) is 5.32 Å². The van der Waals surface area contributed by atoms with Gasteiger partial charge in [0.15, 0.2) is 0 Å². The van der Waals surface area contributed by atoms with Gasteiger partial charge in [0.2, 0.25) is 0 Å². The van der Waals surface area contributed by atoms with Crippen LogP contribution in [-0.2, 0) is 0 Å². The van der Waals surface area contributed by atoms with Gasteiger partial charge in [0.25, 0.3) is 0 Å². The molecule has 0 aromatic heterocycles. The molecule has 1 aromatic rings. The Morgan fingerprint density at radius 3 is 2.69 bits per heavy atom. The highest BCUT2D eigenvalue weighted by atomic mass is 14.9. The number of nitrogens with one attached hydrogen (secondary N) is 1. The second-order valence-electron chi connectivity index (χ2n) is 3.56. The third-order valence-corrected chi connectivity index (χ3v) is 2.22. The fraction of sp³-hybridized carbons (Fsp3) is 0.333. The molecule has 1 rings (SSSR count). The quantitative estimate of drug-likeness (QED) is 0.754. The molecule has 0 heterocycles. The Morgan fingerprint density at radius 1 is 1.31 bits per heavy atom. The lowest BCUT2D eigenvalue weighted by Gasteiger charge is -2.07. The zero-order chi connectivity index (χ0) is 11.6. The van der Waals surface area contributed by atoms with Crippen molar-refractivity contribution in [1.82, 2.24) is 5.32 Å². The Kier molecular flexibility index (Phi) is 5.86. The van der Waals surface area contributed by atoms with E-state index in [0.29, 0.717) is 6.54 Å². The van der Waals surface area contributed by atoms with Crippen molar-refractivity contribution in [3.05, 3.63) is 35.9 Å². The molecule has 1 N–H and O–H groups in total. The normalized spacial score (nSPS) is 11.0. The molecule has 0 saturated carbocycles. The fourth-order valence-corrected chi connectivity index (χ4v) is 1.37. The van der Waals surface area contributed by atoms with E-state index in [1.54, 1.807) is 0 Å². The smallest absolute Gasteiger partial charge is 0.0694 e. The Hall–Kier alpha value is -1.70. The predicted molar refractivity (Wildman–Crippen MR) is 68.9 cm³/mol. The van der Waals surface area contributed by atoms with Crippen LogP contribution in [0.5, 0.6) is 0 Å². The highest BCUT2D eigenvalue weighted by molar-refractivity contribution is 5.33. The SMILES string of the molecule is C#CC(CCC)NCC#Cc1ccccc1. The first-order valence-electron chi connectivity index (χ1n) is 5.60. The summed E-state index contributed by atoms with van der Waals surface area (Å²) in [5.41, 5.74) is 1.04. The van der Waals surface area contributed by atoms with E-state index in [9.17, 15) is 0 Å². The topological polar surface area (TPSA) is 12.0 Å². The van der Waals surface area contributed by atoms with Crippen molar-refractivity contribution in [3.63, 3.8) is 0 Å². The molecule has 16 heavy (non-hydrogen) atoms. The average molecular weight is 211 g/mol. The van der Waals surface area contributed by atoms with Gasteiger partial charge in [-0.1, -0.05) is 49.3 Å². The van der Waals surface area contributed by atoms with Crippen molar-refractivity contribution in [2.24, 2.45) is 0 Å². The van der Waals surface area contributed by atoms with Gasteiger partial charge in [0, 0.05) is 5.56 Å². The van der Waals surface area contributed by atoms with Gasteiger partial charge in [0.1, 0.15) is 0 Å². The second-order valence-corrected chi connectivity index (χ2v) is 3.56. The largest absolute Gasteiger partial charge is 0.293 e. The summed E-state index contributed by atoms with van der Waals surface area (Å²) in [6, 6.07) is 10.1. The van der Waals surface area contributed by atoms with E-state index >= 15 is 0 Å². The highest BCUT2D eigenvalue weighted by Crippen LogP contribution is 1.95. The Balaban J connectivity index is 2.36. The minimum atomic E-state index is 0.148. The van der Waals surface area contributed by atoms with Crippen LogP contribution in [0.1, 0.15) is 25.3 Å². The Morgan fingerprint density at radius 2 is 2.06 bits per heavy atom. The maximum absolute atomic E-state index is 5.39. The van der Waals surface area contributed by atoms with E-state index in [2.05, 4.69) is 30.0 Å². The lowest BCUT2D eigenvalue weighted by molar-refractivity contribution is 0.600. The molecule has 1 atom stereocenters. The summed E-state index contributed by atoms with van der Waals surface area (Å²) >= 11 is 0. The number of hydrogen-bond donors (Lipinski definition) is 1. The van der Waals surface area contributed by atoms with Gasteiger partial charge >= 0.3 is 0 Å². The number of rotatable bonds is 4. The van der Waals surface area contributed by atoms with Gasteiger partial charge in [-0.05, 0) is 18.6 Å². The van der Waals surface area contributed by atoms with Crippen molar-refractivity contribution in [1.29, 1.82) is 0 Å². The predicted octanol–water partition coefficient (Wildman–Crippen LogP) is 2.43. The van der Waals surface area contributed by atoms with Gasteiger partial charge in [0.05, 0.1) is 12.6 Å². The monoisotopic (exact) mass is 211 g/mol. The molecule has 0 radical (unpaired) electrons. The summed E-state index contributed by atoms with van der Waals surface area (Å²) in [5, 5.41) is 3.23. The number of hydrogen-bond acceptors (Lipinski definition) is 1. The maximum atomic E-state index is 5.39. The third kappa shape index (κ3) is 4.69. The van der Waals surface area contributed by atoms with Crippen molar-refractivity contribution >= 4 is 0 Å². The molecular formula is C15H17N. The number of benzene rings is 1. The van der Waals surface area contributed by atoms with Crippen LogP contribution in [0.2, 0.25) is 0 Å². The maximum Gasteiger partial charge on any atom is 0.0694 e. The third-order valence-electron chi connectivity index (χ3n) is 2.22. The molecular weight excluding hydrogens is 194 g/mol. The van der Waals surface area contributed by atoms with Crippen molar-refractivity contribution in [2.45, 2.75) is 25.8 Å². The van der Waals surface area contributed by atoms with Crippen molar-refractivity contribution in [3.8, 4) is 24.2 Å². The van der Waals surface area contributed by atoms with Crippen LogP contribution >= 0.6 is 0 Å². The summed E-state index contributed by atoms with van der Waals surface area (Å²) in [6.45, 7) is 2.77. The van der Waals surface area contributed by atoms with Crippen LogP contribution in [0, 0.1) is 24.2 Å². The molecule has 0 spiro atoms. The summed E-state index contributed by atoms with van der Waals surface area (Å²) in [4.78, 5) is 0. The lowest BCUT2D eigenvalue weighted by atomic mass is 10.2. The molecule has 0 aliphatic heterocycles. The van der Waals surface area contributed by atoms with E-state index < -0.39 is 0 Å². The van der Waals surface area contributed by atoms with E-state index in [4.69, 9.17) is 6.42 Å². The molecule has 1 unspecified atom stereocenters. The van der Waals surface area contributed by atoms with E-state index in [1.165, 1.54) is 0 Å². The molecule has 1 nitrogen and oxygen atoms in total. The minimum absolute atomic E-state index is 0.148. The molecule has 0 fully saturated rings. The van der Waals surface area contributed by atoms with Crippen LogP contribution in [0.3, 0.4) is 0 Å². The Labute approximate surface area is 98.3 Å². The van der Waals surface area contributed by atoms with Gasteiger partial charge in [-0.2, -0.15) is 0 Å². The first-order valence-corrected chi connectivity index (χ1v) is 5.60. The number of terminal acetylenes is 1. The zero-order valence-electron chi connectivity index (χ0n) is 9.66. The molecule has 1 heteroatoms. The summed E-state index contributed by atoms with van der Waals surface area (Å²) in [5.74, 6) is 8.88. The highest BCUT2D eigenvalue weighted by Gasteiger charge is 1.99. The average Bonchev–Trinajstić information content (AvgIpc) is 2.34. The molecule has 0 amide bonds. The fourth-order valence-electron chi connectivity index (χ4n) is 1.37. The molecule has 0 aliphatic rings. The van der Waals surface area contributed by atoms with E-state index in [-0.39, 0.29) is 6.04 Å². The van der Waals surface area contributed by atoms with Gasteiger partial charge < -0.3 is 0 Å². The summed E-state index contributed by atoms with van der Waals surface area (Å²) < 4.78 is 0. The van der Waals surface area contributed by atoms with Crippen LogP contribution in [0.25, 0.3) is 0 Å². The van der Waals surface area contributed by atoms with E-state index in [1.807, 2.05) is 30.3 Å². The van der Waals surface area contributed by atoms with Crippen LogP contribution < -0.4 is 5.32 Å². The van der Waals surface area contributed by atoms with Crippen LogP contribution in [0.15, 0.2) is 30.3 Å². The van der Waals surface area contributed by atoms with Crippen LogP contribution in [-0.4, -0.2) is 12.6 Å². The van der Waals surface area contributed by atoms with Crippen molar-refractivity contribution < 1.29 is 0 Å². The van der Waals surface area contributed by atoms with E-state index in [0.717, 1.165) is 18.4 Å². The first kappa shape index (κ1) is 12.4. The molecule has 0 saturated heterocycles. The second kappa shape index (κ2) is 7.57. The van der Waals surface area contributed by atoms with Crippen molar-refractivity contribution in [2.75, 3.05) is 6.54 Å². The Bertz CT molecular complexity index is 389.